The average molecular weight is 380 g/mol. The fourth-order valence-electron chi connectivity index (χ4n) is 4.31. The van der Waals surface area contributed by atoms with Gasteiger partial charge in [-0.05, 0) is 23.1 Å². The quantitative estimate of drug-likeness (QED) is 0.742. The van der Waals surface area contributed by atoms with Crippen molar-refractivity contribution in [2.75, 3.05) is 24.3 Å². The Balaban J connectivity index is 1.95. The van der Waals surface area contributed by atoms with E-state index in [0.717, 1.165) is 16.9 Å². The molecule has 0 spiro atoms. The average Bonchev–Trinajstić information content (AvgIpc) is 2.58. The number of aromatic nitrogens is 2. The number of H-pyrrole nitrogens is 2. The maximum atomic E-state index is 13.1. The van der Waals surface area contributed by atoms with E-state index in [4.69, 9.17) is 0 Å². The largest absolute Gasteiger partial charge is 0.378 e. The Kier molecular flexibility index (Phi) is 4.06. The van der Waals surface area contributed by atoms with Gasteiger partial charge in [0.2, 0.25) is 0 Å². The topological polar surface area (TPSA) is 98.1 Å². The number of hydrogen-bond acceptors (Lipinski definition) is 5. The van der Waals surface area contributed by atoms with Crippen molar-refractivity contribution in [2.24, 2.45) is 11.3 Å². The summed E-state index contributed by atoms with van der Waals surface area (Å²) in [5, 5.41) is 3.15. The second-order valence-electron chi connectivity index (χ2n) is 8.49. The van der Waals surface area contributed by atoms with Crippen LogP contribution in [0.1, 0.15) is 37.3 Å². The maximum absolute atomic E-state index is 13.1. The van der Waals surface area contributed by atoms with E-state index >= 15 is 0 Å². The summed E-state index contributed by atoms with van der Waals surface area (Å²) in [5.41, 5.74) is 1.72. The van der Waals surface area contributed by atoms with Crippen molar-refractivity contribution < 1.29 is 4.79 Å². The van der Waals surface area contributed by atoms with E-state index in [1.807, 2.05) is 63.2 Å². The summed E-state index contributed by atoms with van der Waals surface area (Å²) >= 11 is 0. The van der Waals surface area contributed by atoms with Crippen LogP contribution < -0.4 is 21.5 Å². The molecule has 0 amide bonds. The highest BCUT2D eigenvalue weighted by atomic mass is 16.2. The van der Waals surface area contributed by atoms with E-state index in [9.17, 15) is 14.4 Å². The fourth-order valence-corrected chi connectivity index (χ4v) is 4.31. The lowest BCUT2D eigenvalue weighted by Crippen LogP contribution is -2.43. The molecule has 1 aliphatic heterocycles. The summed E-state index contributed by atoms with van der Waals surface area (Å²) in [7, 11) is 3.91. The van der Waals surface area contributed by atoms with Gasteiger partial charge in [-0.1, -0.05) is 32.1 Å². The molecule has 2 aliphatic rings. The molecule has 0 fully saturated rings. The molecule has 0 unspecified atom stereocenters. The Labute approximate surface area is 162 Å². The van der Waals surface area contributed by atoms with Crippen LogP contribution in [0.2, 0.25) is 0 Å². The number of fused-ring (bicyclic) bond motifs is 2. The summed E-state index contributed by atoms with van der Waals surface area (Å²) < 4.78 is 0. The lowest BCUT2D eigenvalue weighted by molar-refractivity contribution is -0.124. The van der Waals surface area contributed by atoms with Crippen LogP contribution in [0.25, 0.3) is 0 Å². The minimum Gasteiger partial charge on any atom is -0.378 e. The smallest absolute Gasteiger partial charge is 0.327 e. The zero-order chi connectivity index (χ0) is 20.2. The third-order valence-electron chi connectivity index (χ3n) is 5.52. The second-order valence-corrected chi connectivity index (χ2v) is 8.49. The van der Waals surface area contributed by atoms with Crippen LogP contribution in [0.15, 0.2) is 45.6 Å². The number of aromatic amines is 2. The Hall–Kier alpha value is -3.09. The molecule has 1 aromatic heterocycles. The van der Waals surface area contributed by atoms with E-state index in [0.29, 0.717) is 17.8 Å². The second kappa shape index (κ2) is 6.22. The SMILES string of the molecule is CN(C)c1ccc([C@H]2c3c([nH]c(=O)[nH]c3=O)NC3=CC(C)(C)CC(=O)[C@@H]32)cc1. The molecule has 146 valence electrons. The predicted molar refractivity (Wildman–Crippen MR) is 109 cm³/mol. The minimum absolute atomic E-state index is 0.0907. The van der Waals surface area contributed by atoms with E-state index in [1.165, 1.54) is 0 Å². The number of carbonyl (C=O) groups excluding carboxylic acids is 1. The van der Waals surface area contributed by atoms with Crippen molar-refractivity contribution >= 4 is 17.3 Å². The van der Waals surface area contributed by atoms with Crippen LogP contribution in [0.3, 0.4) is 0 Å². The number of Topliss-reactive ketones (excluding diaryl/α,β-unsaturated/α-hetero) is 1. The number of nitrogens with zero attached hydrogens (tertiary/aromatic N) is 1. The van der Waals surface area contributed by atoms with E-state index in [1.54, 1.807) is 0 Å². The molecule has 2 aromatic rings. The normalized spacial score (nSPS) is 22.6. The number of hydrogen-bond donors (Lipinski definition) is 3. The monoisotopic (exact) mass is 380 g/mol. The zero-order valence-electron chi connectivity index (χ0n) is 16.4. The van der Waals surface area contributed by atoms with Crippen LogP contribution in [0.5, 0.6) is 0 Å². The van der Waals surface area contributed by atoms with Crippen molar-refractivity contribution in [3.63, 3.8) is 0 Å². The highest BCUT2D eigenvalue weighted by Crippen LogP contribution is 2.47. The first kappa shape index (κ1) is 18.3. The number of benzene rings is 1. The molecule has 28 heavy (non-hydrogen) atoms. The molecule has 0 saturated heterocycles. The van der Waals surface area contributed by atoms with Crippen LogP contribution in [0.4, 0.5) is 11.5 Å². The van der Waals surface area contributed by atoms with Gasteiger partial charge >= 0.3 is 5.69 Å². The van der Waals surface area contributed by atoms with Crippen molar-refractivity contribution in [2.45, 2.75) is 26.2 Å². The lowest BCUT2D eigenvalue weighted by Gasteiger charge is -2.40. The number of nitrogens with one attached hydrogen (secondary N) is 3. The first-order valence-electron chi connectivity index (χ1n) is 9.32. The van der Waals surface area contributed by atoms with E-state index in [2.05, 4.69) is 15.3 Å². The minimum atomic E-state index is -0.571. The first-order chi connectivity index (χ1) is 13.2. The molecule has 0 bridgehead atoms. The lowest BCUT2D eigenvalue weighted by atomic mass is 9.67. The summed E-state index contributed by atoms with van der Waals surface area (Å²) in [6.07, 6.45) is 2.45. The van der Waals surface area contributed by atoms with Crippen LogP contribution in [-0.4, -0.2) is 29.8 Å². The summed E-state index contributed by atoms with van der Waals surface area (Å²) in [4.78, 5) is 44.6. The Morgan fingerprint density at radius 3 is 2.32 bits per heavy atom. The van der Waals surface area contributed by atoms with Gasteiger partial charge in [-0.15, -0.1) is 0 Å². The maximum Gasteiger partial charge on any atom is 0.327 e. The van der Waals surface area contributed by atoms with Crippen molar-refractivity contribution in [1.29, 1.82) is 0 Å². The Morgan fingerprint density at radius 2 is 1.68 bits per heavy atom. The van der Waals surface area contributed by atoms with Gasteiger partial charge in [-0.2, -0.15) is 0 Å². The molecule has 0 radical (unpaired) electrons. The summed E-state index contributed by atoms with van der Waals surface area (Å²) in [6.45, 7) is 4.01. The van der Waals surface area contributed by atoms with Crippen LogP contribution in [0, 0.1) is 11.3 Å². The van der Waals surface area contributed by atoms with Gasteiger partial charge in [0, 0.05) is 37.8 Å². The number of ketones is 1. The van der Waals surface area contributed by atoms with Gasteiger partial charge in [-0.25, -0.2) is 4.79 Å². The molecular formula is C21H24N4O3. The molecule has 4 rings (SSSR count). The molecule has 2 atom stereocenters. The molecule has 7 nitrogen and oxygen atoms in total. The standard InChI is InChI=1S/C21H24N4O3/c1-21(2)9-13-16(14(26)10-21)15(11-5-7-12(8-6-11)25(3)4)17-18(22-13)23-20(28)24-19(17)27/h5-9,15-16H,10H2,1-4H3,(H3,22,23,24,27,28)/t15-,16-/m1/s1. The van der Waals surface area contributed by atoms with Gasteiger partial charge in [0.05, 0.1) is 11.5 Å². The molecule has 0 saturated carbocycles. The third-order valence-corrected chi connectivity index (χ3v) is 5.52. The van der Waals surface area contributed by atoms with Crippen molar-refractivity contribution in [3.8, 4) is 0 Å². The first-order valence-corrected chi connectivity index (χ1v) is 9.32. The predicted octanol–water partition coefficient (Wildman–Crippen LogP) is 2.19. The van der Waals surface area contributed by atoms with E-state index < -0.39 is 23.1 Å². The molecule has 7 heteroatoms. The van der Waals surface area contributed by atoms with Crippen LogP contribution >= 0.6 is 0 Å². The third kappa shape index (κ3) is 2.96. The molecule has 1 aromatic carbocycles. The molecular weight excluding hydrogens is 356 g/mol. The number of carbonyl (C=O) groups is 1. The van der Waals surface area contributed by atoms with Crippen molar-refractivity contribution in [1.82, 2.24) is 9.97 Å². The van der Waals surface area contributed by atoms with E-state index in [-0.39, 0.29) is 11.2 Å². The highest BCUT2D eigenvalue weighted by Gasteiger charge is 2.45. The number of anilines is 2. The number of rotatable bonds is 2. The fraction of sp³-hybridized carbons (Fsp3) is 0.381. The molecule has 2 heterocycles. The number of allylic oxidation sites excluding steroid dienone is 2. The Morgan fingerprint density at radius 1 is 1.00 bits per heavy atom. The molecule has 1 aliphatic carbocycles. The van der Waals surface area contributed by atoms with Gasteiger partial charge in [0.25, 0.3) is 5.56 Å². The zero-order valence-corrected chi connectivity index (χ0v) is 16.4. The highest BCUT2D eigenvalue weighted by molar-refractivity contribution is 5.90. The van der Waals surface area contributed by atoms with Gasteiger partial charge < -0.3 is 10.2 Å². The van der Waals surface area contributed by atoms with Gasteiger partial charge in [0.1, 0.15) is 11.6 Å². The van der Waals surface area contributed by atoms with Gasteiger partial charge in [-0.3, -0.25) is 19.6 Å². The molecule has 3 N–H and O–H groups in total. The summed E-state index contributed by atoms with van der Waals surface area (Å²) in [5.74, 6) is -0.475. The van der Waals surface area contributed by atoms with Crippen LogP contribution in [-0.2, 0) is 4.79 Å². The van der Waals surface area contributed by atoms with Gasteiger partial charge in [0.15, 0.2) is 0 Å². The summed E-state index contributed by atoms with van der Waals surface area (Å²) in [6, 6.07) is 7.84. The Bertz CT molecular complexity index is 1090. The van der Waals surface area contributed by atoms with Crippen molar-refractivity contribution in [3.05, 3.63) is 68.0 Å².